The van der Waals surface area contributed by atoms with E-state index in [4.69, 9.17) is 0 Å². The van der Waals surface area contributed by atoms with Gasteiger partial charge in [-0.25, -0.2) is 0 Å². The summed E-state index contributed by atoms with van der Waals surface area (Å²) in [6.45, 7) is 7.99. The lowest BCUT2D eigenvalue weighted by molar-refractivity contribution is 0.0706. The zero-order valence-corrected chi connectivity index (χ0v) is 19.5. The third-order valence-electron chi connectivity index (χ3n) is 6.96. The number of carbonyl (C=O) groups is 2. The van der Waals surface area contributed by atoms with Crippen LogP contribution < -0.4 is 10.7 Å². The van der Waals surface area contributed by atoms with E-state index in [1.54, 1.807) is 17.0 Å². The molecule has 0 spiro atoms. The fourth-order valence-corrected chi connectivity index (χ4v) is 5.96. The van der Waals surface area contributed by atoms with E-state index in [0.29, 0.717) is 13.1 Å². The Bertz CT molecular complexity index is 1090. The molecule has 2 aromatic rings. The molecule has 170 valence electrons. The van der Waals surface area contributed by atoms with Crippen molar-refractivity contribution < 1.29 is 9.59 Å². The van der Waals surface area contributed by atoms with Gasteiger partial charge in [0.1, 0.15) is 11.1 Å². The van der Waals surface area contributed by atoms with E-state index in [-0.39, 0.29) is 33.9 Å². The third-order valence-corrected chi connectivity index (χ3v) is 6.96. The lowest BCUT2D eigenvalue weighted by Crippen LogP contribution is -2.41. The van der Waals surface area contributed by atoms with Crippen molar-refractivity contribution in [2.24, 2.45) is 10.8 Å². The number of aromatic nitrogens is 1. The fraction of sp³-hybridized carbons (Fsp3) is 0.500. The zero-order valence-electron chi connectivity index (χ0n) is 19.5. The highest BCUT2D eigenvalue weighted by atomic mass is 16.2. The van der Waals surface area contributed by atoms with E-state index < -0.39 is 11.3 Å². The Morgan fingerprint density at radius 2 is 1.75 bits per heavy atom. The van der Waals surface area contributed by atoms with Gasteiger partial charge in [0.25, 0.3) is 11.8 Å². The van der Waals surface area contributed by atoms with Gasteiger partial charge in [0.05, 0.1) is 0 Å². The second-order valence-electron chi connectivity index (χ2n) is 10.6. The van der Waals surface area contributed by atoms with Gasteiger partial charge in [-0.05, 0) is 42.1 Å². The molecule has 2 atom stereocenters. The van der Waals surface area contributed by atoms with Gasteiger partial charge in [-0.2, -0.15) is 0 Å². The SMILES string of the molecule is CNC(=O)c1cn(CCc2ccccc2)cc(C(=O)N2C[C@]3(C)C[C@H]2CC(C)(C)C3)c1=O. The van der Waals surface area contributed by atoms with Crippen LogP contribution in [0.15, 0.2) is 47.5 Å². The highest BCUT2D eigenvalue weighted by molar-refractivity contribution is 5.99. The number of benzene rings is 1. The summed E-state index contributed by atoms with van der Waals surface area (Å²) in [5, 5.41) is 2.54. The minimum absolute atomic E-state index is 0.0140. The summed E-state index contributed by atoms with van der Waals surface area (Å²) >= 11 is 0. The van der Waals surface area contributed by atoms with Gasteiger partial charge in [-0.3, -0.25) is 14.4 Å². The summed E-state index contributed by atoms with van der Waals surface area (Å²) in [4.78, 5) is 41.1. The summed E-state index contributed by atoms with van der Waals surface area (Å²) in [6.07, 6.45) is 6.91. The van der Waals surface area contributed by atoms with E-state index in [1.807, 2.05) is 35.2 Å². The van der Waals surface area contributed by atoms with Gasteiger partial charge in [0, 0.05) is 38.6 Å². The maximum atomic E-state index is 13.6. The number of carbonyl (C=O) groups excluding carboxylic acids is 2. The Labute approximate surface area is 189 Å². The number of amides is 2. The van der Waals surface area contributed by atoms with Crippen molar-refractivity contribution in [3.05, 3.63) is 69.6 Å². The number of hydrogen-bond donors (Lipinski definition) is 1. The molecule has 4 rings (SSSR count). The molecule has 1 aromatic heterocycles. The maximum Gasteiger partial charge on any atom is 0.259 e. The monoisotopic (exact) mass is 435 g/mol. The predicted octanol–water partition coefficient (Wildman–Crippen LogP) is 3.49. The number of nitrogens with zero attached hydrogens (tertiary/aromatic N) is 2. The molecule has 1 N–H and O–H groups in total. The van der Waals surface area contributed by atoms with Crippen molar-refractivity contribution in [2.45, 2.75) is 59.0 Å². The van der Waals surface area contributed by atoms with Crippen molar-refractivity contribution in [1.29, 1.82) is 0 Å². The van der Waals surface area contributed by atoms with Crippen LogP contribution in [0.3, 0.4) is 0 Å². The second kappa shape index (κ2) is 8.23. The van der Waals surface area contributed by atoms with E-state index in [2.05, 4.69) is 26.1 Å². The van der Waals surface area contributed by atoms with Crippen LogP contribution in [0.25, 0.3) is 0 Å². The molecule has 2 aliphatic rings. The molecule has 1 aromatic carbocycles. The quantitative estimate of drug-likeness (QED) is 0.782. The average Bonchev–Trinajstić information content (AvgIpc) is 3.01. The normalized spacial score (nSPS) is 23.8. The molecular formula is C26H33N3O3. The van der Waals surface area contributed by atoms with Crippen molar-refractivity contribution in [3.8, 4) is 0 Å². The van der Waals surface area contributed by atoms with Crippen molar-refractivity contribution >= 4 is 11.8 Å². The second-order valence-corrected chi connectivity index (χ2v) is 10.6. The van der Waals surface area contributed by atoms with Crippen LogP contribution in [0.2, 0.25) is 0 Å². The molecule has 0 unspecified atom stereocenters. The largest absolute Gasteiger partial charge is 0.355 e. The van der Waals surface area contributed by atoms with Crippen molar-refractivity contribution in [3.63, 3.8) is 0 Å². The summed E-state index contributed by atoms with van der Waals surface area (Å²) in [6, 6.07) is 10.2. The Balaban J connectivity index is 1.67. The minimum atomic E-state index is -0.490. The molecule has 2 amide bonds. The Morgan fingerprint density at radius 1 is 1.06 bits per heavy atom. The van der Waals surface area contributed by atoms with E-state index in [0.717, 1.165) is 31.2 Å². The molecular weight excluding hydrogens is 402 g/mol. The average molecular weight is 436 g/mol. The summed E-state index contributed by atoms with van der Waals surface area (Å²) in [5.41, 5.74) is 1.02. The molecule has 6 nitrogen and oxygen atoms in total. The first-order chi connectivity index (χ1) is 15.1. The Kier molecular flexibility index (Phi) is 5.74. The number of nitrogens with one attached hydrogen (secondary N) is 1. The molecule has 1 saturated heterocycles. The molecule has 2 heterocycles. The summed E-state index contributed by atoms with van der Waals surface area (Å²) in [5.74, 6) is -0.716. The Morgan fingerprint density at radius 3 is 2.44 bits per heavy atom. The topological polar surface area (TPSA) is 71.4 Å². The maximum absolute atomic E-state index is 13.6. The number of likely N-dealkylation sites (tertiary alicyclic amines) is 1. The molecule has 2 fully saturated rings. The number of fused-ring (bicyclic) bond motifs is 2. The Hall–Kier alpha value is -2.89. The summed E-state index contributed by atoms with van der Waals surface area (Å²) in [7, 11) is 1.50. The van der Waals surface area contributed by atoms with Crippen LogP contribution in [0.5, 0.6) is 0 Å². The number of rotatable bonds is 5. The van der Waals surface area contributed by atoms with Crippen LogP contribution in [0.1, 0.15) is 66.3 Å². The van der Waals surface area contributed by atoms with Crippen LogP contribution in [0.4, 0.5) is 0 Å². The van der Waals surface area contributed by atoms with E-state index >= 15 is 0 Å². The van der Waals surface area contributed by atoms with Crippen LogP contribution in [-0.4, -0.2) is 40.9 Å². The third kappa shape index (κ3) is 4.36. The zero-order chi connectivity index (χ0) is 23.1. The van der Waals surface area contributed by atoms with Gasteiger partial charge in [-0.15, -0.1) is 0 Å². The fourth-order valence-electron chi connectivity index (χ4n) is 5.96. The van der Waals surface area contributed by atoms with Crippen molar-refractivity contribution in [2.75, 3.05) is 13.6 Å². The number of hydrogen-bond acceptors (Lipinski definition) is 3. The minimum Gasteiger partial charge on any atom is -0.355 e. The molecule has 1 saturated carbocycles. The number of pyridine rings is 1. The molecule has 6 heteroatoms. The standard InChI is InChI=1S/C26H33N3O3/c1-25(2)12-19-13-26(3,16-25)17-29(19)24(32)21-15-28(11-10-18-8-6-5-7-9-18)14-20(22(21)30)23(31)27-4/h5-9,14-15,19H,10-13,16-17H2,1-4H3,(H,27,31)/t19-,26-/m1/s1. The van der Waals surface area contributed by atoms with Gasteiger partial charge < -0.3 is 14.8 Å². The van der Waals surface area contributed by atoms with Crippen LogP contribution in [0, 0.1) is 10.8 Å². The highest BCUT2D eigenvalue weighted by Gasteiger charge is 2.51. The lowest BCUT2D eigenvalue weighted by Gasteiger charge is -2.39. The van der Waals surface area contributed by atoms with E-state index in [1.165, 1.54) is 7.05 Å². The van der Waals surface area contributed by atoms with E-state index in [9.17, 15) is 14.4 Å². The number of aryl methyl sites for hydroxylation is 2. The molecule has 1 aliphatic carbocycles. The van der Waals surface area contributed by atoms with Crippen molar-refractivity contribution in [1.82, 2.24) is 14.8 Å². The smallest absolute Gasteiger partial charge is 0.259 e. The van der Waals surface area contributed by atoms with Crippen LogP contribution in [-0.2, 0) is 13.0 Å². The molecule has 2 bridgehead atoms. The summed E-state index contributed by atoms with van der Waals surface area (Å²) < 4.78 is 1.81. The predicted molar refractivity (Wildman–Crippen MR) is 125 cm³/mol. The molecule has 1 aliphatic heterocycles. The first-order valence-corrected chi connectivity index (χ1v) is 11.4. The van der Waals surface area contributed by atoms with Gasteiger partial charge >= 0.3 is 0 Å². The molecule has 32 heavy (non-hydrogen) atoms. The van der Waals surface area contributed by atoms with Gasteiger partial charge in [0.2, 0.25) is 5.43 Å². The van der Waals surface area contributed by atoms with Gasteiger partial charge in [-0.1, -0.05) is 51.1 Å². The van der Waals surface area contributed by atoms with Crippen LogP contribution >= 0.6 is 0 Å². The lowest BCUT2D eigenvalue weighted by atomic mass is 9.65. The highest BCUT2D eigenvalue weighted by Crippen LogP contribution is 2.52. The first kappa shape index (κ1) is 22.3. The van der Waals surface area contributed by atoms with Gasteiger partial charge in [0.15, 0.2) is 0 Å². The first-order valence-electron chi connectivity index (χ1n) is 11.4. The molecule has 0 radical (unpaired) electrons.